The van der Waals surface area contributed by atoms with Crippen molar-refractivity contribution in [1.82, 2.24) is 14.6 Å². The van der Waals surface area contributed by atoms with E-state index in [0.29, 0.717) is 16.6 Å². The van der Waals surface area contributed by atoms with Crippen molar-refractivity contribution in [3.05, 3.63) is 94.0 Å². The molecule has 0 unspecified atom stereocenters. The number of nitrogens with zero attached hydrogens (tertiary/aromatic N) is 5. The third-order valence-corrected chi connectivity index (χ3v) is 7.26. The molecule has 2 aromatic heterocycles. The average Bonchev–Trinajstić information content (AvgIpc) is 3.12. The smallest absolute Gasteiger partial charge is 0.270 e. The highest BCUT2D eigenvalue weighted by Gasteiger charge is 2.30. The molecule has 174 valence electrons. The maximum absolute atomic E-state index is 13.6. The topological polar surface area (TPSA) is 146 Å². The average molecular weight is 487 g/mol. The molecule has 2 heterocycles. The molecule has 0 spiro atoms. The van der Waals surface area contributed by atoms with Gasteiger partial charge in [0.15, 0.2) is 5.65 Å². The van der Waals surface area contributed by atoms with E-state index in [4.69, 9.17) is 5.73 Å². The fourth-order valence-electron chi connectivity index (χ4n) is 3.68. The maximum Gasteiger partial charge on any atom is 0.270 e. The van der Waals surface area contributed by atoms with Gasteiger partial charge in [0.25, 0.3) is 5.69 Å². The van der Waals surface area contributed by atoms with Crippen molar-refractivity contribution in [2.75, 3.05) is 5.73 Å². The van der Waals surface area contributed by atoms with Crippen LogP contribution in [-0.4, -0.2) is 34.2 Å². The number of nitrogen functional groups attached to an aromatic ring is 1. The minimum absolute atomic E-state index is 0.0615. The molecule has 0 bridgehead atoms. The molecular weight excluding hydrogens is 468 g/mol. The molecule has 5 aromatic rings. The number of nitrogens with two attached hydrogens (primary N) is 1. The summed E-state index contributed by atoms with van der Waals surface area (Å²) in [6.07, 6.45) is 1.35. The van der Waals surface area contributed by atoms with Gasteiger partial charge in [0.1, 0.15) is 16.2 Å². The third-order valence-electron chi connectivity index (χ3n) is 5.43. The molecule has 2 N–H and O–H groups in total. The Morgan fingerprint density at radius 2 is 1.69 bits per heavy atom. The summed E-state index contributed by atoms with van der Waals surface area (Å²) in [5.41, 5.74) is 8.85. The summed E-state index contributed by atoms with van der Waals surface area (Å²) in [6, 6.07) is 19.3. The van der Waals surface area contributed by atoms with E-state index in [1.165, 1.54) is 41.2 Å². The number of anilines is 1. The van der Waals surface area contributed by atoms with Gasteiger partial charge in [-0.3, -0.25) is 10.1 Å². The number of hydrogen-bond acceptors (Lipinski definition) is 8. The van der Waals surface area contributed by atoms with Crippen LogP contribution in [0.1, 0.15) is 11.1 Å². The Morgan fingerprint density at radius 1 is 1.00 bits per heavy atom. The number of rotatable bonds is 5. The van der Waals surface area contributed by atoms with E-state index >= 15 is 0 Å². The van der Waals surface area contributed by atoms with Crippen LogP contribution >= 0.6 is 0 Å². The maximum atomic E-state index is 13.6. The van der Waals surface area contributed by atoms with Crippen molar-refractivity contribution in [2.24, 2.45) is 5.10 Å². The normalized spacial score (nSPS) is 12.0. The third kappa shape index (κ3) is 3.87. The first-order chi connectivity index (χ1) is 16.8. The summed E-state index contributed by atoms with van der Waals surface area (Å²) in [5, 5.41) is 15.4. The van der Waals surface area contributed by atoms with Crippen LogP contribution in [0.15, 0.2) is 87.7 Å². The van der Waals surface area contributed by atoms with Gasteiger partial charge >= 0.3 is 0 Å². The van der Waals surface area contributed by atoms with Crippen LogP contribution in [0, 0.1) is 17.0 Å². The Balaban J connectivity index is 1.76. The highest BCUT2D eigenvalue weighted by Crippen LogP contribution is 2.35. The van der Waals surface area contributed by atoms with E-state index in [-0.39, 0.29) is 32.5 Å². The second kappa shape index (κ2) is 8.29. The van der Waals surface area contributed by atoms with Crippen molar-refractivity contribution in [2.45, 2.75) is 16.7 Å². The number of aryl methyl sites for hydroxylation is 1. The molecule has 0 aliphatic carbocycles. The summed E-state index contributed by atoms with van der Waals surface area (Å²) < 4.78 is 28.5. The van der Waals surface area contributed by atoms with Crippen molar-refractivity contribution in [1.29, 1.82) is 0 Å². The number of nitro groups is 1. The van der Waals surface area contributed by atoms with E-state index in [0.717, 1.165) is 5.56 Å². The number of non-ortho nitro benzene ring substituents is 1. The predicted octanol–water partition coefficient (Wildman–Crippen LogP) is 4.10. The quantitative estimate of drug-likeness (QED) is 0.223. The monoisotopic (exact) mass is 486 g/mol. The van der Waals surface area contributed by atoms with Gasteiger partial charge in [-0.05, 0) is 31.2 Å². The van der Waals surface area contributed by atoms with Crippen LogP contribution in [0.25, 0.3) is 22.2 Å². The zero-order chi connectivity index (χ0) is 24.7. The molecule has 10 nitrogen and oxygen atoms in total. The van der Waals surface area contributed by atoms with Crippen LogP contribution in [0.3, 0.4) is 0 Å². The minimum Gasteiger partial charge on any atom is -0.382 e. The van der Waals surface area contributed by atoms with Crippen molar-refractivity contribution < 1.29 is 13.3 Å². The van der Waals surface area contributed by atoms with Gasteiger partial charge in [-0.2, -0.15) is 9.78 Å². The Kier molecular flexibility index (Phi) is 5.25. The SMILES string of the molecule is Cc1ccc(S(=O)(=O)c2c(N)n(/N=C\c3cccc([N+](=O)[O-])c3)c3nc4ccccc4nc23)cc1. The Labute approximate surface area is 199 Å². The summed E-state index contributed by atoms with van der Waals surface area (Å²) in [4.78, 5) is 19.6. The standard InChI is InChI=1S/C24H18N6O4S/c1-15-9-11-18(12-10-15)35(33,34)22-21-24(28-20-8-3-2-7-19(20)27-21)29(23(22)25)26-14-16-5-4-6-17(13-16)30(31)32/h2-14H,25H2,1H3/b26-14-. The molecule has 0 amide bonds. The molecule has 35 heavy (non-hydrogen) atoms. The molecule has 0 atom stereocenters. The van der Waals surface area contributed by atoms with Gasteiger partial charge in [0.05, 0.1) is 27.1 Å². The summed E-state index contributed by atoms with van der Waals surface area (Å²) in [7, 11) is -4.07. The second-order valence-corrected chi connectivity index (χ2v) is 9.71. The van der Waals surface area contributed by atoms with Gasteiger partial charge in [0, 0.05) is 17.7 Å². The van der Waals surface area contributed by atoms with Gasteiger partial charge in [-0.25, -0.2) is 18.4 Å². The summed E-state index contributed by atoms with van der Waals surface area (Å²) in [6.45, 7) is 1.86. The summed E-state index contributed by atoms with van der Waals surface area (Å²) in [5.74, 6) is -0.169. The Hall–Kier alpha value is -4.64. The zero-order valence-electron chi connectivity index (χ0n) is 18.4. The zero-order valence-corrected chi connectivity index (χ0v) is 19.2. The number of benzene rings is 3. The molecule has 0 aliphatic heterocycles. The Morgan fingerprint density at radius 3 is 2.37 bits per heavy atom. The Bertz CT molecular complexity index is 1760. The first kappa shape index (κ1) is 22.2. The van der Waals surface area contributed by atoms with Crippen LogP contribution < -0.4 is 5.73 Å². The largest absolute Gasteiger partial charge is 0.382 e. The van der Waals surface area contributed by atoms with Crippen molar-refractivity contribution >= 4 is 49.8 Å². The van der Waals surface area contributed by atoms with Crippen LogP contribution in [-0.2, 0) is 9.84 Å². The molecule has 5 rings (SSSR count). The van der Waals surface area contributed by atoms with Gasteiger partial charge in [-0.1, -0.05) is 42.0 Å². The lowest BCUT2D eigenvalue weighted by Crippen LogP contribution is -2.06. The molecule has 0 saturated heterocycles. The van der Waals surface area contributed by atoms with E-state index in [2.05, 4.69) is 15.1 Å². The molecule has 0 radical (unpaired) electrons. The molecule has 11 heteroatoms. The lowest BCUT2D eigenvalue weighted by atomic mass is 10.2. The molecule has 0 saturated carbocycles. The first-order valence-corrected chi connectivity index (χ1v) is 11.9. The number of hydrogen-bond donors (Lipinski definition) is 1. The predicted molar refractivity (Wildman–Crippen MR) is 132 cm³/mol. The highest BCUT2D eigenvalue weighted by molar-refractivity contribution is 7.92. The fourth-order valence-corrected chi connectivity index (χ4v) is 5.17. The number of nitro benzene ring substituents is 1. The fraction of sp³-hybridized carbons (Fsp3) is 0.0417. The van der Waals surface area contributed by atoms with Crippen LogP contribution in [0.4, 0.5) is 11.5 Å². The molecule has 0 aliphatic rings. The molecule has 3 aromatic carbocycles. The number of sulfone groups is 1. The van der Waals surface area contributed by atoms with E-state index in [1.54, 1.807) is 42.5 Å². The molecule has 0 fully saturated rings. The minimum atomic E-state index is -4.07. The number of aromatic nitrogens is 3. The first-order valence-electron chi connectivity index (χ1n) is 10.4. The summed E-state index contributed by atoms with van der Waals surface area (Å²) >= 11 is 0. The van der Waals surface area contributed by atoms with Crippen LogP contribution in [0.2, 0.25) is 0 Å². The lowest BCUT2D eigenvalue weighted by molar-refractivity contribution is -0.384. The van der Waals surface area contributed by atoms with E-state index in [1.807, 2.05) is 6.92 Å². The van der Waals surface area contributed by atoms with Crippen molar-refractivity contribution in [3.63, 3.8) is 0 Å². The van der Waals surface area contributed by atoms with Crippen molar-refractivity contribution in [3.8, 4) is 0 Å². The van der Waals surface area contributed by atoms with Crippen LogP contribution in [0.5, 0.6) is 0 Å². The van der Waals surface area contributed by atoms with E-state index in [9.17, 15) is 18.5 Å². The second-order valence-electron chi connectivity index (χ2n) is 7.82. The molecular formula is C24H18N6O4S. The van der Waals surface area contributed by atoms with Gasteiger partial charge < -0.3 is 5.73 Å². The van der Waals surface area contributed by atoms with Gasteiger partial charge in [0.2, 0.25) is 9.84 Å². The highest BCUT2D eigenvalue weighted by atomic mass is 32.2. The lowest BCUT2D eigenvalue weighted by Gasteiger charge is -2.05. The number of fused-ring (bicyclic) bond motifs is 2. The van der Waals surface area contributed by atoms with E-state index < -0.39 is 14.8 Å². The van der Waals surface area contributed by atoms with Gasteiger partial charge in [-0.15, -0.1) is 0 Å². The number of para-hydroxylation sites is 2.